The molecule has 3 nitrogen and oxygen atoms in total. The minimum absolute atomic E-state index is 0.111. The highest BCUT2D eigenvalue weighted by atomic mass is 127. The molecule has 0 heterocycles. The van der Waals surface area contributed by atoms with Gasteiger partial charge in [0.1, 0.15) is 6.61 Å². The van der Waals surface area contributed by atoms with Gasteiger partial charge < -0.3 is 9.64 Å². The standard InChI is InChI=1S/C11H22INO2/c1-10(2,11(3,4)12)9(14)15-8-7-13(5)6/h7-8H2,1-6H3. The molecule has 0 aromatic carbocycles. The summed E-state index contributed by atoms with van der Waals surface area (Å²) in [5.41, 5.74) is -0.458. The number of rotatable bonds is 5. The van der Waals surface area contributed by atoms with Crippen LogP contribution in [0.3, 0.4) is 0 Å². The first kappa shape index (κ1) is 15.2. The van der Waals surface area contributed by atoms with Crippen LogP contribution in [0.5, 0.6) is 0 Å². The van der Waals surface area contributed by atoms with E-state index in [1.54, 1.807) is 0 Å². The number of halogens is 1. The second-order valence-corrected chi connectivity index (χ2v) is 7.73. The SMILES string of the molecule is CN(C)CCOC(=O)C(C)(C)C(C)(C)I. The monoisotopic (exact) mass is 327 g/mol. The third-order valence-electron chi connectivity index (χ3n) is 2.77. The van der Waals surface area contributed by atoms with Crippen molar-refractivity contribution < 1.29 is 9.53 Å². The molecule has 0 amide bonds. The average molecular weight is 327 g/mol. The molecule has 0 aromatic heterocycles. The summed E-state index contributed by atoms with van der Waals surface area (Å²) >= 11 is 2.29. The van der Waals surface area contributed by atoms with Gasteiger partial charge >= 0.3 is 5.97 Å². The van der Waals surface area contributed by atoms with Gasteiger partial charge in [-0.25, -0.2) is 0 Å². The number of hydrogen-bond acceptors (Lipinski definition) is 3. The first-order chi connectivity index (χ1) is 6.59. The number of nitrogens with zero attached hydrogens (tertiary/aromatic N) is 1. The number of ether oxygens (including phenoxy) is 1. The number of hydrogen-bond donors (Lipinski definition) is 0. The van der Waals surface area contributed by atoms with Crippen LogP contribution in [0.25, 0.3) is 0 Å². The Hall–Kier alpha value is 0.160. The lowest BCUT2D eigenvalue weighted by molar-refractivity contribution is -0.155. The smallest absolute Gasteiger partial charge is 0.312 e. The van der Waals surface area contributed by atoms with Gasteiger partial charge in [-0.2, -0.15) is 0 Å². The second kappa shape index (κ2) is 5.48. The van der Waals surface area contributed by atoms with E-state index in [1.165, 1.54) is 0 Å². The lowest BCUT2D eigenvalue weighted by Gasteiger charge is -2.34. The van der Waals surface area contributed by atoms with Gasteiger partial charge in [0.25, 0.3) is 0 Å². The fourth-order valence-electron chi connectivity index (χ4n) is 0.744. The van der Waals surface area contributed by atoms with Gasteiger partial charge in [0.15, 0.2) is 0 Å². The zero-order valence-electron chi connectivity index (χ0n) is 10.6. The molecule has 0 unspecified atom stereocenters. The second-order valence-electron chi connectivity index (χ2n) is 5.04. The van der Waals surface area contributed by atoms with Crippen LogP contribution in [0.2, 0.25) is 0 Å². The predicted octanol–water partition coefficient (Wildman–Crippen LogP) is 2.33. The van der Waals surface area contributed by atoms with Gasteiger partial charge in [0, 0.05) is 9.97 Å². The molecule has 0 aliphatic rings. The van der Waals surface area contributed by atoms with Gasteiger partial charge in [-0.3, -0.25) is 4.79 Å². The third kappa shape index (κ3) is 4.68. The molecule has 90 valence electrons. The fourth-order valence-corrected chi connectivity index (χ4v) is 0.964. The van der Waals surface area contributed by atoms with E-state index in [-0.39, 0.29) is 9.39 Å². The van der Waals surface area contributed by atoms with Crippen molar-refractivity contribution in [2.75, 3.05) is 27.2 Å². The van der Waals surface area contributed by atoms with E-state index in [0.29, 0.717) is 6.61 Å². The molecule has 0 radical (unpaired) electrons. The van der Waals surface area contributed by atoms with E-state index >= 15 is 0 Å². The van der Waals surface area contributed by atoms with E-state index in [4.69, 9.17) is 4.74 Å². The summed E-state index contributed by atoms with van der Waals surface area (Å²) in [4.78, 5) is 13.8. The first-order valence-corrected chi connectivity index (χ1v) is 6.18. The normalized spacial score (nSPS) is 13.1. The number of likely N-dealkylation sites (N-methyl/N-ethyl adjacent to an activating group) is 1. The van der Waals surface area contributed by atoms with E-state index in [1.807, 2.05) is 46.7 Å². The number of carbonyl (C=O) groups excluding carboxylic acids is 1. The summed E-state index contributed by atoms with van der Waals surface area (Å²) < 4.78 is 5.15. The molecule has 0 aliphatic carbocycles. The minimum atomic E-state index is -0.458. The van der Waals surface area contributed by atoms with Crippen molar-refractivity contribution in [3.63, 3.8) is 0 Å². The van der Waals surface area contributed by atoms with Crippen LogP contribution in [-0.2, 0) is 9.53 Å². The van der Waals surface area contributed by atoms with Gasteiger partial charge in [0.2, 0.25) is 0 Å². The summed E-state index contributed by atoms with van der Waals surface area (Å²) in [5, 5.41) is 0. The summed E-state index contributed by atoms with van der Waals surface area (Å²) in [5.74, 6) is -0.122. The molecule has 0 aliphatic heterocycles. The van der Waals surface area contributed by atoms with Gasteiger partial charge in [0.05, 0.1) is 5.41 Å². The Kier molecular flexibility index (Phi) is 5.54. The highest BCUT2D eigenvalue weighted by Crippen LogP contribution is 2.39. The van der Waals surface area contributed by atoms with Gasteiger partial charge in [-0.1, -0.05) is 22.6 Å². The Balaban J connectivity index is 4.21. The third-order valence-corrected chi connectivity index (χ3v) is 4.12. The Morgan fingerprint density at radius 3 is 2.07 bits per heavy atom. The molecule has 0 saturated carbocycles. The molecule has 0 spiro atoms. The van der Waals surface area contributed by atoms with Crippen LogP contribution in [0.4, 0.5) is 0 Å². The molecule has 0 fully saturated rings. The molecule has 15 heavy (non-hydrogen) atoms. The summed E-state index contributed by atoms with van der Waals surface area (Å²) in [6.45, 7) is 9.17. The largest absolute Gasteiger partial charge is 0.464 e. The van der Waals surface area contributed by atoms with Crippen molar-refractivity contribution >= 4 is 28.6 Å². The molecule has 0 aromatic rings. The molecule has 4 heteroatoms. The maximum absolute atomic E-state index is 11.8. The molecular weight excluding hydrogens is 305 g/mol. The molecule has 0 atom stereocenters. The van der Waals surface area contributed by atoms with Crippen LogP contribution < -0.4 is 0 Å². The van der Waals surface area contributed by atoms with E-state index in [9.17, 15) is 4.79 Å². The van der Waals surface area contributed by atoms with Crippen molar-refractivity contribution in [3.8, 4) is 0 Å². The van der Waals surface area contributed by atoms with Crippen molar-refractivity contribution in [1.29, 1.82) is 0 Å². The maximum atomic E-state index is 11.8. The number of alkyl halides is 1. The Morgan fingerprint density at radius 2 is 1.73 bits per heavy atom. The van der Waals surface area contributed by atoms with Crippen molar-refractivity contribution in [1.82, 2.24) is 4.90 Å². The molecular formula is C11H22INO2. The van der Waals surface area contributed by atoms with Crippen LogP contribution in [-0.4, -0.2) is 41.5 Å². The lowest BCUT2D eigenvalue weighted by Crippen LogP contribution is -2.42. The summed E-state index contributed by atoms with van der Waals surface area (Å²) in [6, 6.07) is 0. The quantitative estimate of drug-likeness (QED) is 0.441. The minimum Gasteiger partial charge on any atom is -0.464 e. The van der Waals surface area contributed by atoms with Crippen molar-refractivity contribution in [2.24, 2.45) is 5.41 Å². The van der Waals surface area contributed by atoms with Crippen LogP contribution >= 0.6 is 22.6 Å². The zero-order chi connectivity index (χ0) is 12.3. The predicted molar refractivity (Wildman–Crippen MR) is 71.4 cm³/mol. The summed E-state index contributed by atoms with van der Waals surface area (Å²) in [6.07, 6.45) is 0. The van der Waals surface area contributed by atoms with E-state index < -0.39 is 5.41 Å². The number of carbonyl (C=O) groups is 1. The zero-order valence-corrected chi connectivity index (χ0v) is 12.7. The summed E-state index contributed by atoms with van der Waals surface area (Å²) in [7, 11) is 3.92. The van der Waals surface area contributed by atoms with E-state index in [0.717, 1.165) is 6.54 Å². The van der Waals surface area contributed by atoms with Crippen LogP contribution in [0, 0.1) is 5.41 Å². The van der Waals surface area contributed by atoms with Crippen molar-refractivity contribution in [2.45, 2.75) is 31.1 Å². The highest BCUT2D eigenvalue weighted by Gasteiger charge is 2.42. The fraction of sp³-hybridized carbons (Fsp3) is 0.909. The van der Waals surface area contributed by atoms with Crippen LogP contribution in [0.15, 0.2) is 0 Å². The van der Waals surface area contributed by atoms with Gasteiger partial charge in [-0.15, -0.1) is 0 Å². The molecule has 0 bridgehead atoms. The van der Waals surface area contributed by atoms with E-state index in [2.05, 4.69) is 22.6 Å². The van der Waals surface area contributed by atoms with Crippen LogP contribution in [0.1, 0.15) is 27.7 Å². The Labute approximate surface area is 107 Å². The lowest BCUT2D eigenvalue weighted by atomic mass is 9.81. The maximum Gasteiger partial charge on any atom is 0.312 e. The Morgan fingerprint density at radius 1 is 1.27 bits per heavy atom. The average Bonchev–Trinajstić information content (AvgIpc) is 2.01. The highest BCUT2D eigenvalue weighted by molar-refractivity contribution is 14.1. The number of esters is 1. The first-order valence-electron chi connectivity index (χ1n) is 5.10. The van der Waals surface area contributed by atoms with Gasteiger partial charge in [-0.05, 0) is 41.8 Å². The molecule has 0 saturated heterocycles. The van der Waals surface area contributed by atoms with Crippen molar-refractivity contribution in [3.05, 3.63) is 0 Å². The molecule has 0 rings (SSSR count). The topological polar surface area (TPSA) is 29.5 Å². The molecule has 0 N–H and O–H groups in total. The Bertz CT molecular complexity index is 219.